The fourth-order valence-corrected chi connectivity index (χ4v) is 3.54. The van der Waals surface area contributed by atoms with E-state index in [1.165, 1.54) is 11.8 Å². The second kappa shape index (κ2) is 7.93. The lowest BCUT2D eigenvalue weighted by Gasteiger charge is -2.09. The number of halogens is 1. The molecule has 0 aliphatic carbocycles. The Hall–Kier alpha value is -2.31. The van der Waals surface area contributed by atoms with E-state index in [9.17, 15) is 9.59 Å². The van der Waals surface area contributed by atoms with E-state index in [4.69, 9.17) is 11.6 Å². The van der Waals surface area contributed by atoms with E-state index in [1.807, 2.05) is 32.0 Å². The van der Waals surface area contributed by atoms with Crippen LogP contribution in [-0.2, 0) is 9.59 Å². The second-order valence-electron chi connectivity index (χ2n) is 6.04. The third-order valence-electron chi connectivity index (χ3n) is 4.00. The molecule has 0 aromatic heterocycles. The molecule has 1 aliphatic heterocycles. The summed E-state index contributed by atoms with van der Waals surface area (Å²) in [6.07, 6.45) is 0.0864. The number of aliphatic imine (C=N–C) groups is 1. The summed E-state index contributed by atoms with van der Waals surface area (Å²) >= 11 is 7.11. The first-order valence-electron chi connectivity index (χ1n) is 8.09. The van der Waals surface area contributed by atoms with Gasteiger partial charge in [-0.05, 0) is 61.4 Å². The van der Waals surface area contributed by atoms with Crippen molar-refractivity contribution in [3.05, 3.63) is 58.6 Å². The zero-order valence-electron chi connectivity index (χ0n) is 14.4. The van der Waals surface area contributed by atoms with Crippen molar-refractivity contribution < 1.29 is 9.59 Å². The van der Waals surface area contributed by atoms with Gasteiger partial charge < -0.3 is 10.6 Å². The van der Waals surface area contributed by atoms with Crippen LogP contribution < -0.4 is 10.6 Å². The van der Waals surface area contributed by atoms with Crippen LogP contribution >= 0.6 is 23.4 Å². The van der Waals surface area contributed by atoms with Crippen molar-refractivity contribution in [2.45, 2.75) is 25.5 Å². The van der Waals surface area contributed by atoms with Crippen molar-refractivity contribution in [1.82, 2.24) is 5.32 Å². The molecule has 0 unspecified atom stereocenters. The molecule has 26 heavy (non-hydrogen) atoms. The maximum Gasteiger partial charge on any atom is 0.240 e. The first-order valence-corrected chi connectivity index (χ1v) is 9.35. The molecule has 2 aromatic rings. The molecule has 0 saturated carbocycles. The number of nitrogens with zero attached hydrogens (tertiary/aromatic N) is 1. The lowest BCUT2D eigenvalue weighted by molar-refractivity contribution is -0.122. The van der Waals surface area contributed by atoms with Crippen LogP contribution in [0.25, 0.3) is 0 Å². The molecule has 5 nitrogen and oxygen atoms in total. The van der Waals surface area contributed by atoms with Crippen LogP contribution in [0.4, 0.5) is 11.4 Å². The van der Waals surface area contributed by atoms with Crippen molar-refractivity contribution in [3.63, 3.8) is 0 Å². The minimum Gasteiger partial charge on any atom is -0.326 e. The highest BCUT2D eigenvalue weighted by Gasteiger charge is 2.32. The summed E-state index contributed by atoms with van der Waals surface area (Å²) in [5.74, 6) is -0.411. The average molecular weight is 388 g/mol. The van der Waals surface area contributed by atoms with Crippen LogP contribution in [-0.4, -0.2) is 22.2 Å². The van der Waals surface area contributed by atoms with Gasteiger partial charge in [0.2, 0.25) is 11.8 Å². The number of rotatable bonds is 4. The zero-order valence-corrected chi connectivity index (χ0v) is 15.9. The molecule has 1 atom stereocenters. The number of hydrogen-bond donors (Lipinski definition) is 2. The Morgan fingerprint density at radius 2 is 1.92 bits per heavy atom. The van der Waals surface area contributed by atoms with Crippen LogP contribution in [0.15, 0.2) is 47.5 Å². The number of amides is 2. The van der Waals surface area contributed by atoms with Crippen molar-refractivity contribution >= 4 is 51.7 Å². The Labute approximate surface area is 161 Å². The number of amidine groups is 1. The fraction of sp³-hybridized carbons (Fsp3) is 0.211. The second-order valence-corrected chi connectivity index (χ2v) is 7.67. The standard InChI is InChI=1S/C19H18ClN3O2S/c1-11-3-6-15(9-12(11)2)21-17(24)10-16-18(25)23-19(26-16)22-14-7-4-13(20)5-8-14/h3-9,16H,10H2,1-2H3,(H,21,24)(H,22,23,25)/t16-/m0/s1. The number of carbonyl (C=O) groups is 2. The van der Waals surface area contributed by atoms with E-state index in [2.05, 4.69) is 15.6 Å². The number of thioether (sulfide) groups is 1. The quantitative estimate of drug-likeness (QED) is 0.825. The van der Waals surface area contributed by atoms with E-state index in [-0.39, 0.29) is 18.2 Å². The molecule has 2 amide bonds. The fourth-order valence-electron chi connectivity index (χ4n) is 2.42. The molecule has 2 N–H and O–H groups in total. The summed E-state index contributed by atoms with van der Waals surface area (Å²) < 4.78 is 0. The molecule has 7 heteroatoms. The molecule has 0 spiro atoms. The highest BCUT2D eigenvalue weighted by molar-refractivity contribution is 8.15. The average Bonchev–Trinajstić information content (AvgIpc) is 2.92. The predicted molar refractivity (Wildman–Crippen MR) is 107 cm³/mol. The van der Waals surface area contributed by atoms with Gasteiger partial charge in [0.05, 0.1) is 5.69 Å². The summed E-state index contributed by atoms with van der Waals surface area (Å²) in [5, 5.41) is 6.17. The highest BCUT2D eigenvalue weighted by Crippen LogP contribution is 2.26. The van der Waals surface area contributed by atoms with Gasteiger partial charge in [-0.2, -0.15) is 0 Å². The minimum absolute atomic E-state index is 0.0864. The molecule has 0 radical (unpaired) electrons. The molecule has 1 aliphatic rings. The van der Waals surface area contributed by atoms with Gasteiger partial charge in [-0.25, -0.2) is 4.99 Å². The molecule has 2 aromatic carbocycles. The van der Waals surface area contributed by atoms with Gasteiger partial charge in [-0.1, -0.05) is 29.4 Å². The van der Waals surface area contributed by atoms with Crippen molar-refractivity contribution in [2.24, 2.45) is 4.99 Å². The normalized spacial score (nSPS) is 18.0. The van der Waals surface area contributed by atoms with Gasteiger partial charge in [-0.3, -0.25) is 9.59 Å². The van der Waals surface area contributed by atoms with E-state index in [0.29, 0.717) is 15.9 Å². The van der Waals surface area contributed by atoms with Crippen molar-refractivity contribution in [2.75, 3.05) is 5.32 Å². The smallest absolute Gasteiger partial charge is 0.240 e. The summed E-state index contributed by atoms with van der Waals surface area (Å²) in [5.41, 5.74) is 3.69. The Morgan fingerprint density at radius 3 is 2.62 bits per heavy atom. The molecule has 3 rings (SSSR count). The SMILES string of the molecule is Cc1ccc(NC(=O)C[C@@H]2SC(=Nc3ccc(Cl)cc3)NC2=O)cc1C. The first kappa shape index (κ1) is 18.5. The van der Waals surface area contributed by atoms with E-state index >= 15 is 0 Å². The molecule has 1 heterocycles. The van der Waals surface area contributed by atoms with Gasteiger partial charge in [0, 0.05) is 17.1 Å². The topological polar surface area (TPSA) is 70.6 Å². The molecule has 1 fully saturated rings. The van der Waals surface area contributed by atoms with Crippen LogP contribution in [0.3, 0.4) is 0 Å². The molecule has 134 valence electrons. The third-order valence-corrected chi connectivity index (χ3v) is 5.33. The largest absolute Gasteiger partial charge is 0.326 e. The Kier molecular flexibility index (Phi) is 5.64. The lowest BCUT2D eigenvalue weighted by atomic mass is 10.1. The first-order chi connectivity index (χ1) is 12.4. The van der Waals surface area contributed by atoms with E-state index in [0.717, 1.165) is 16.8 Å². The molecular weight excluding hydrogens is 370 g/mol. The zero-order chi connectivity index (χ0) is 18.7. The number of anilines is 1. The highest BCUT2D eigenvalue weighted by atomic mass is 35.5. The van der Waals surface area contributed by atoms with Gasteiger partial charge >= 0.3 is 0 Å². The number of nitrogens with one attached hydrogen (secondary N) is 2. The Morgan fingerprint density at radius 1 is 1.19 bits per heavy atom. The van der Waals surface area contributed by atoms with Crippen LogP contribution in [0.5, 0.6) is 0 Å². The van der Waals surface area contributed by atoms with Crippen LogP contribution in [0.1, 0.15) is 17.5 Å². The number of hydrogen-bond acceptors (Lipinski definition) is 4. The van der Waals surface area contributed by atoms with Crippen LogP contribution in [0.2, 0.25) is 5.02 Å². The van der Waals surface area contributed by atoms with E-state index < -0.39 is 5.25 Å². The summed E-state index contributed by atoms with van der Waals surface area (Å²) in [6.45, 7) is 4.01. The van der Waals surface area contributed by atoms with Gasteiger partial charge in [-0.15, -0.1) is 0 Å². The molecule has 0 bridgehead atoms. The number of benzene rings is 2. The van der Waals surface area contributed by atoms with Crippen molar-refractivity contribution in [1.29, 1.82) is 0 Å². The third kappa shape index (κ3) is 4.65. The monoisotopic (exact) mass is 387 g/mol. The summed E-state index contributed by atoms with van der Waals surface area (Å²) in [4.78, 5) is 28.7. The van der Waals surface area contributed by atoms with Crippen molar-refractivity contribution in [3.8, 4) is 0 Å². The molecular formula is C19H18ClN3O2S. The summed E-state index contributed by atoms with van der Waals surface area (Å²) in [7, 11) is 0. The maximum absolute atomic E-state index is 12.3. The molecule has 1 saturated heterocycles. The van der Waals surface area contributed by atoms with Gasteiger partial charge in [0.25, 0.3) is 0 Å². The maximum atomic E-state index is 12.3. The Bertz CT molecular complexity index is 881. The van der Waals surface area contributed by atoms with Gasteiger partial charge in [0.1, 0.15) is 5.25 Å². The lowest BCUT2D eigenvalue weighted by Crippen LogP contribution is -2.28. The summed E-state index contributed by atoms with van der Waals surface area (Å²) in [6, 6.07) is 12.7. The van der Waals surface area contributed by atoms with Crippen LogP contribution in [0, 0.1) is 13.8 Å². The van der Waals surface area contributed by atoms with E-state index in [1.54, 1.807) is 24.3 Å². The number of carbonyl (C=O) groups excluding carboxylic acids is 2. The Balaban J connectivity index is 1.61. The number of aryl methyl sites for hydroxylation is 2. The minimum atomic E-state index is -0.493. The predicted octanol–water partition coefficient (Wildman–Crippen LogP) is 4.20. The van der Waals surface area contributed by atoms with Gasteiger partial charge in [0.15, 0.2) is 5.17 Å².